The van der Waals surface area contributed by atoms with Crippen LogP contribution in [-0.4, -0.2) is 98.9 Å². The van der Waals surface area contributed by atoms with Crippen LogP contribution in [0.25, 0.3) is 0 Å². The third-order valence-corrected chi connectivity index (χ3v) is 12.1. The minimum absolute atomic E-state index is 0.0801. The van der Waals surface area contributed by atoms with E-state index in [0.717, 1.165) is 57.8 Å². The van der Waals surface area contributed by atoms with Crippen LogP contribution in [-0.2, 0) is 27.9 Å². The van der Waals surface area contributed by atoms with E-state index in [2.05, 4.69) is 38.2 Å². The lowest BCUT2D eigenvalue weighted by molar-refractivity contribution is -0.220. The van der Waals surface area contributed by atoms with Gasteiger partial charge < -0.3 is 39.9 Å². The number of aliphatic hydroxyl groups excluding tert-OH is 5. The summed E-state index contributed by atoms with van der Waals surface area (Å²) in [7, 11) is -5.02. The highest BCUT2D eigenvalue weighted by Crippen LogP contribution is 2.47. The van der Waals surface area contributed by atoms with Crippen LogP contribution < -0.4 is 0 Å². The summed E-state index contributed by atoms with van der Waals surface area (Å²) in [5, 5.41) is 50.2. The molecule has 0 spiro atoms. The van der Waals surface area contributed by atoms with E-state index >= 15 is 0 Å². The fourth-order valence-corrected chi connectivity index (χ4v) is 8.24. The minimum atomic E-state index is -5.02. The molecule has 1 fully saturated rings. The predicted molar refractivity (Wildman–Crippen MR) is 235 cm³/mol. The average Bonchev–Trinajstić information content (AvgIpc) is 3.22. The van der Waals surface area contributed by atoms with Crippen molar-refractivity contribution < 1.29 is 58.3 Å². The van der Waals surface area contributed by atoms with Crippen LogP contribution in [0.4, 0.5) is 0 Å². The van der Waals surface area contributed by atoms with Gasteiger partial charge in [-0.05, 0) is 44.9 Å². The zero-order chi connectivity index (χ0) is 43.4. The molecule has 1 saturated carbocycles. The second-order valence-corrected chi connectivity index (χ2v) is 18.0. The van der Waals surface area contributed by atoms with Gasteiger partial charge in [0, 0.05) is 13.0 Å². The van der Waals surface area contributed by atoms with Crippen molar-refractivity contribution in [2.75, 3.05) is 19.8 Å². The lowest BCUT2D eigenvalue weighted by atomic mass is 9.85. The smallest absolute Gasteiger partial charge is 0.457 e. The van der Waals surface area contributed by atoms with E-state index in [9.17, 15) is 39.8 Å². The molecule has 59 heavy (non-hydrogen) atoms. The van der Waals surface area contributed by atoms with Gasteiger partial charge in [0.15, 0.2) is 0 Å². The first-order chi connectivity index (χ1) is 28.5. The lowest BCUT2D eigenvalue weighted by Gasteiger charge is -2.41. The summed E-state index contributed by atoms with van der Waals surface area (Å²) >= 11 is 0. The molecular formula is C46H87O12P. The molecule has 12 nitrogen and oxygen atoms in total. The van der Waals surface area contributed by atoms with Gasteiger partial charge in [-0.25, -0.2) is 4.57 Å². The normalized spacial score (nSPS) is 22.6. The molecule has 0 bridgehead atoms. The molecule has 6 atom stereocenters. The Morgan fingerprint density at radius 1 is 0.542 bits per heavy atom. The Bertz CT molecular complexity index is 1070. The fourth-order valence-electron chi connectivity index (χ4n) is 7.27. The van der Waals surface area contributed by atoms with E-state index < -0.39 is 63.1 Å². The number of carbonyl (C=O) groups is 1. The van der Waals surface area contributed by atoms with E-state index in [1.807, 2.05) is 0 Å². The summed E-state index contributed by atoms with van der Waals surface area (Å²) in [4.78, 5) is 23.2. The van der Waals surface area contributed by atoms with Gasteiger partial charge >= 0.3 is 13.8 Å². The largest absolute Gasteiger partial charge is 0.472 e. The summed E-state index contributed by atoms with van der Waals surface area (Å²) in [5.41, 5.74) is 0. The molecule has 13 heteroatoms. The number of allylic oxidation sites excluding steroid dienone is 4. The van der Waals surface area contributed by atoms with Crippen LogP contribution in [0.2, 0.25) is 0 Å². The molecule has 0 aromatic heterocycles. The summed E-state index contributed by atoms with van der Waals surface area (Å²) in [6, 6.07) is 0. The second kappa shape index (κ2) is 37.4. The van der Waals surface area contributed by atoms with Gasteiger partial charge in [-0.3, -0.25) is 13.8 Å². The number of hydrogen-bond donors (Lipinski definition) is 6. The molecule has 6 N–H and O–H groups in total. The monoisotopic (exact) mass is 863 g/mol. The third-order valence-electron chi connectivity index (χ3n) is 11.1. The summed E-state index contributed by atoms with van der Waals surface area (Å²) in [6.45, 7) is 4.24. The molecule has 1 aliphatic carbocycles. The number of carbonyl (C=O) groups excluding carboxylic acids is 1. The first-order valence-electron chi connectivity index (χ1n) is 23.7. The maximum absolute atomic E-state index is 12.8. The zero-order valence-corrected chi connectivity index (χ0v) is 38.0. The molecule has 0 aromatic carbocycles. The van der Waals surface area contributed by atoms with Crippen LogP contribution in [0.5, 0.6) is 0 Å². The van der Waals surface area contributed by atoms with E-state index in [1.165, 1.54) is 116 Å². The Kier molecular flexibility index (Phi) is 35.4. The molecule has 0 aromatic rings. The van der Waals surface area contributed by atoms with Gasteiger partial charge in [-0.2, -0.15) is 0 Å². The molecule has 348 valence electrons. The number of phosphoric acid groups is 1. The van der Waals surface area contributed by atoms with Crippen molar-refractivity contribution >= 4 is 13.8 Å². The zero-order valence-electron chi connectivity index (χ0n) is 37.1. The fraction of sp³-hybridized carbons (Fsp3) is 0.891. The van der Waals surface area contributed by atoms with E-state index in [-0.39, 0.29) is 13.0 Å². The highest BCUT2D eigenvalue weighted by Gasteiger charge is 2.51. The van der Waals surface area contributed by atoms with Gasteiger partial charge in [0.1, 0.15) is 42.7 Å². The molecule has 0 heterocycles. The van der Waals surface area contributed by atoms with Crippen LogP contribution in [0.3, 0.4) is 0 Å². The van der Waals surface area contributed by atoms with Crippen LogP contribution >= 0.6 is 7.82 Å². The minimum Gasteiger partial charge on any atom is -0.457 e. The molecule has 6 unspecified atom stereocenters. The SMILES string of the molecule is CCCCCC/C=C\C/C=C\CCCCCCCCOCC(COP(=O)(O)OC1C(O)C(O)C(O)C(O)C1O)OC(=O)CCCCCCCCCCCCCCCCC. The molecule has 0 radical (unpaired) electrons. The van der Waals surface area contributed by atoms with Crippen LogP contribution in [0.1, 0.15) is 200 Å². The van der Waals surface area contributed by atoms with Crippen molar-refractivity contribution in [1.29, 1.82) is 0 Å². The number of aliphatic hydroxyl groups is 5. The van der Waals surface area contributed by atoms with Crippen LogP contribution in [0.15, 0.2) is 24.3 Å². The van der Waals surface area contributed by atoms with Gasteiger partial charge in [0.05, 0.1) is 13.2 Å². The highest BCUT2D eigenvalue weighted by molar-refractivity contribution is 7.47. The van der Waals surface area contributed by atoms with Crippen molar-refractivity contribution in [2.24, 2.45) is 0 Å². The molecule has 1 aliphatic rings. The number of phosphoric ester groups is 1. The summed E-state index contributed by atoms with van der Waals surface area (Å²) in [6.07, 6.45) is 29.5. The predicted octanol–water partition coefficient (Wildman–Crippen LogP) is 9.70. The van der Waals surface area contributed by atoms with E-state index in [4.69, 9.17) is 18.5 Å². The molecule has 0 saturated heterocycles. The van der Waals surface area contributed by atoms with Gasteiger partial charge in [0.25, 0.3) is 0 Å². The lowest BCUT2D eigenvalue weighted by Crippen LogP contribution is -2.64. The van der Waals surface area contributed by atoms with Crippen molar-refractivity contribution in [3.05, 3.63) is 24.3 Å². The third kappa shape index (κ3) is 29.7. The van der Waals surface area contributed by atoms with Gasteiger partial charge in [-0.15, -0.1) is 0 Å². The van der Waals surface area contributed by atoms with Crippen molar-refractivity contribution in [2.45, 2.75) is 243 Å². The Labute approximate surface area is 358 Å². The summed E-state index contributed by atoms with van der Waals surface area (Å²) in [5.74, 6) is -0.479. The van der Waals surface area contributed by atoms with Crippen molar-refractivity contribution in [1.82, 2.24) is 0 Å². The first-order valence-corrected chi connectivity index (χ1v) is 25.2. The number of hydrogen-bond acceptors (Lipinski definition) is 11. The van der Waals surface area contributed by atoms with Crippen LogP contribution in [0, 0.1) is 0 Å². The average molecular weight is 863 g/mol. The summed E-state index contributed by atoms with van der Waals surface area (Å²) < 4.78 is 34.2. The topological polar surface area (TPSA) is 192 Å². The molecular weight excluding hydrogens is 775 g/mol. The molecule has 1 rings (SSSR count). The molecule has 0 amide bonds. The maximum Gasteiger partial charge on any atom is 0.472 e. The van der Waals surface area contributed by atoms with Crippen molar-refractivity contribution in [3.8, 4) is 0 Å². The second-order valence-electron chi connectivity index (χ2n) is 16.6. The van der Waals surface area contributed by atoms with E-state index in [0.29, 0.717) is 13.0 Å². The van der Waals surface area contributed by atoms with Crippen molar-refractivity contribution in [3.63, 3.8) is 0 Å². The molecule has 0 aliphatic heterocycles. The van der Waals surface area contributed by atoms with Gasteiger partial charge in [-0.1, -0.05) is 173 Å². The Balaban J connectivity index is 2.39. The Morgan fingerprint density at radius 2 is 0.949 bits per heavy atom. The number of rotatable bonds is 40. The Hall–Kier alpha value is -1.18. The highest BCUT2D eigenvalue weighted by atomic mass is 31.2. The first kappa shape index (κ1) is 55.8. The number of unbranched alkanes of at least 4 members (excludes halogenated alkanes) is 24. The quantitative estimate of drug-likeness (QED) is 0.0148. The Morgan fingerprint density at radius 3 is 1.44 bits per heavy atom. The maximum atomic E-state index is 12.8. The van der Waals surface area contributed by atoms with Gasteiger partial charge in [0.2, 0.25) is 0 Å². The standard InChI is InChI=1S/C46H87O12P/c1-3-5-7-9-11-13-15-17-19-20-22-24-26-28-30-32-34-36-55-37-39(38-56-59(53,54)58-46-44(51)42(49)41(48)43(50)45(46)52)57-40(47)35-33-31-29-27-25-23-21-18-16-14-12-10-8-6-4-2/h13,15,19-20,39,41-46,48-52H,3-12,14,16-18,21-38H2,1-2H3,(H,53,54)/b15-13-,20-19-. The number of ether oxygens (including phenoxy) is 2. The van der Waals surface area contributed by atoms with E-state index in [1.54, 1.807) is 0 Å². The number of esters is 1.